The summed E-state index contributed by atoms with van der Waals surface area (Å²) in [5.41, 5.74) is -0.746. The van der Waals surface area contributed by atoms with Gasteiger partial charge in [-0.3, -0.25) is 14.3 Å². The summed E-state index contributed by atoms with van der Waals surface area (Å²) in [7, 11) is -2.21. The smallest absolute Gasteiger partial charge is 0.335 e. The number of aromatic nitrogens is 2. The molecule has 1 saturated heterocycles. The zero-order valence-electron chi connectivity index (χ0n) is 15.5. The average Bonchev–Trinajstić information content (AvgIpc) is 2.84. The van der Waals surface area contributed by atoms with Gasteiger partial charge in [-0.15, -0.1) is 0 Å². The molecule has 1 fully saturated rings. The Morgan fingerprint density at radius 3 is 2.52 bits per heavy atom. The van der Waals surface area contributed by atoms with E-state index in [-0.39, 0.29) is 11.5 Å². The minimum absolute atomic E-state index is 0.0838. The molecule has 1 aliphatic rings. The number of H-pyrrole nitrogens is 1. The zero-order chi connectivity index (χ0) is 19.2. The Morgan fingerprint density at radius 2 is 2.00 bits per heavy atom. The molecule has 0 radical (unpaired) electrons. The fraction of sp³-hybridized carbons (Fsp3) is 0.688. The van der Waals surface area contributed by atoms with Gasteiger partial charge in [-0.2, -0.15) is 0 Å². The quantitative estimate of drug-likeness (QED) is 0.779. The highest BCUT2D eigenvalue weighted by Gasteiger charge is 2.47. The molecule has 0 amide bonds. The Kier molecular flexibility index (Phi) is 5.13. The molecule has 1 aromatic rings. The van der Waals surface area contributed by atoms with Crippen LogP contribution in [0.3, 0.4) is 0 Å². The normalized spacial score (nSPS) is 24.5. The molecule has 3 atom stereocenters. The van der Waals surface area contributed by atoms with Crippen molar-refractivity contribution in [2.75, 3.05) is 0 Å². The van der Waals surface area contributed by atoms with Crippen LogP contribution in [-0.4, -0.2) is 41.2 Å². The van der Waals surface area contributed by atoms with E-state index >= 15 is 0 Å². The summed E-state index contributed by atoms with van der Waals surface area (Å²) < 4.78 is 13.0. The Balaban J connectivity index is 2.32. The van der Waals surface area contributed by atoms with E-state index in [2.05, 4.69) is 25.8 Å². The first-order chi connectivity index (χ1) is 11.3. The van der Waals surface area contributed by atoms with E-state index in [9.17, 15) is 19.5 Å². The van der Waals surface area contributed by atoms with Gasteiger partial charge < -0.3 is 14.3 Å². The molecule has 8 nitrogen and oxygen atoms in total. The number of carboxylic acids is 1. The zero-order valence-corrected chi connectivity index (χ0v) is 16.5. The SMILES string of the molecule is Cc1cn([C@H]2C[C@@H](O[Si](C)(C)C(C)(C)C)[C@@H](C(=O)O)O2)c(=O)[nH]c1=O. The van der Waals surface area contributed by atoms with Crippen molar-refractivity contribution >= 4 is 14.3 Å². The lowest BCUT2D eigenvalue weighted by molar-refractivity contribution is -0.155. The maximum atomic E-state index is 12.1. The molecule has 2 N–H and O–H groups in total. The van der Waals surface area contributed by atoms with Crippen LogP contribution >= 0.6 is 0 Å². The summed E-state index contributed by atoms with van der Waals surface area (Å²) in [5, 5.41) is 9.40. The van der Waals surface area contributed by atoms with E-state index in [4.69, 9.17) is 9.16 Å². The molecule has 140 valence electrons. The number of carbonyl (C=O) groups is 1. The van der Waals surface area contributed by atoms with Crippen LogP contribution in [0.25, 0.3) is 0 Å². The maximum Gasteiger partial charge on any atom is 0.335 e. The standard InChI is InChI=1S/C16H26N2O6Si/c1-9-8-18(15(22)17-13(9)19)11-7-10(12(23-11)14(20)21)24-25(5,6)16(2,3)4/h8,10-12H,7H2,1-6H3,(H,20,21)(H,17,19,22)/t10-,11-,12+/m1/s1. The molecule has 0 aromatic carbocycles. The number of rotatable bonds is 4. The number of ether oxygens (including phenoxy) is 1. The molecule has 9 heteroatoms. The van der Waals surface area contributed by atoms with Gasteiger partial charge in [-0.05, 0) is 25.1 Å². The van der Waals surface area contributed by atoms with Crippen LogP contribution in [0.2, 0.25) is 18.1 Å². The summed E-state index contributed by atoms with van der Waals surface area (Å²) in [4.78, 5) is 37.4. The number of aliphatic carboxylic acids is 1. The number of nitrogens with zero attached hydrogens (tertiary/aromatic N) is 1. The molecule has 0 saturated carbocycles. The summed E-state index contributed by atoms with van der Waals surface area (Å²) in [6.45, 7) is 11.8. The van der Waals surface area contributed by atoms with Crippen LogP contribution in [0.1, 0.15) is 39.0 Å². The van der Waals surface area contributed by atoms with Crippen LogP contribution < -0.4 is 11.2 Å². The summed E-state index contributed by atoms with van der Waals surface area (Å²) >= 11 is 0. The van der Waals surface area contributed by atoms with E-state index < -0.39 is 44.0 Å². The fourth-order valence-electron chi connectivity index (χ4n) is 2.50. The second kappa shape index (κ2) is 6.54. The molecule has 0 unspecified atom stereocenters. The highest BCUT2D eigenvalue weighted by molar-refractivity contribution is 6.74. The molecular formula is C16H26N2O6Si. The van der Waals surface area contributed by atoms with Crippen molar-refractivity contribution < 1.29 is 19.1 Å². The largest absolute Gasteiger partial charge is 0.479 e. The Hall–Kier alpha value is -1.71. The van der Waals surface area contributed by atoms with E-state index in [1.807, 2.05) is 13.1 Å². The monoisotopic (exact) mass is 370 g/mol. The molecule has 1 aromatic heterocycles. The van der Waals surface area contributed by atoms with Crippen LogP contribution in [0.15, 0.2) is 15.8 Å². The fourth-order valence-corrected chi connectivity index (χ4v) is 3.83. The molecule has 1 aliphatic heterocycles. The first-order valence-electron chi connectivity index (χ1n) is 8.21. The van der Waals surface area contributed by atoms with Crippen LogP contribution in [-0.2, 0) is 14.0 Å². The topological polar surface area (TPSA) is 111 Å². The van der Waals surface area contributed by atoms with Crippen molar-refractivity contribution in [3.05, 3.63) is 32.6 Å². The van der Waals surface area contributed by atoms with E-state index in [0.717, 1.165) is 0 Å². The number of hydrogen-bond donors (Lipinski definition) is 2. The number of nitrogens with one attached hydrogen (secondary N) is 1. The lowest BCUT2D eigenvalue weighted by atomic mass is 10.2. The number of aromatic amines is 1. The number of aryl methyl sites for hydroxylation is 1. The van der Waals surface area contributed by atoms with Crippen LogP contribution in [0.5, 0.6) is 0 Å². The third-order valence-electron chi connectivity index (χ3n) is 5.03. The third kappa shape index (κ3) is 3.93. The average molecular weight is 370 g/mol. The van der Waals surface area contributed by atoms with Gasteiger partial charge in [0.05, 0.1) is 6.10 Å². The Morgan fingerprint density at radius 1 is 1.40 bits per heavy atom. The van der Waals surface area contributed by atoms with Crippen molar-refractivity contribution in [3.63, 3.8) is 0 Å². The van der Waals surface area contributed by atoms with E-state index in [1.165, 1.54) is 10.8 Å². The van der Waals surface area contributed by atoms with Crippen molar-refractivity contribution in [2.45, 2.75) is 70.7 Å². The van der Waals surface area contributed by atoms with Crippen molar-refractivity contribution in [3.8, 4) is 0 Å². The van der Waals surface area contributed by atoms with Crippen molar-refractivity contribution in [2.24, 2.45) is 0 Å². The van der Waals surface area contributed by atoms with Crippen molar-refractivity contribution in [1.82, 2.24) is 9.55 Å². The van der Waals surface area contributed by atoms with E-state index in [1.54, 1.807) is 6.92 Å². The predicted molar refractivity (Wildman–Crippen MR) is 94.3 cm³/mol. The Bertz CT molecular complexity index is 776. The van der Waals surface area contributed by atoms with E-state index in [0.29, 0.717) is 5.56 Å². The molecule has 2 heterocycles. The summed E-state index contributed by atoms with van der Waals surface area (Å²) in [6.07, 6.45) is -0.978. The molecule has 0 aliphatic carbocycles. The van der Waals surface area contributed by atoms with Gasteiger partial charge in [0.15, 0.2) is 14.4 Å². The third-order valence-corrected chi connectivity index (χ3v) is 9.53. The molecule has 25 heavy (non-hydrogen) atoms. The van der Waals surface area contributed by atoms with Crippen LogP contribution in [0, 0.1) is 6.92 Å². The van der Waals surface area contributed by atoms with Gasteiger partial charge in [0.25, 0.3) is 5.56 Å². The number of carboxylic acid groups (broad SMARTS) is 1. The first-order valence-corrected chi connectivity index (χ1v) is 11.1. The first kappa shape index (κ1) is 19.6. The second-order valence-electron chi connectivity index (χ2n) is 7.98. The lowest BCUT2D eigenvalue weighted by Gasteiger charge is -2.38. The van der Waals surface area contributed by atoms with Gasteiger partial charge in [0.1, 0.15) is 6.23 Å². The maximum absolute atomic E-state index is 12.1. The lowest BCUT2D eigenvalue weighted by Crippen LogP contribution is -2.47. The Labute approximate surface area is 146 Å². The van der Waals surface area contributed by atoms with Gasteiger partial charge in [0.2, 0.25) is 0 Å². The molecular weight excluding hydrogens is 344 g/mol. The summed E-state index contributed by atoms with van der Waals surface area (Å²) in [5.74, 6) is -1.12. The van der Waals surface area contributed by atoms with Gasteiger partial charge in [-0.1, -0.05) is 20.8 Å². The van der Waals surface area contributed by atoms with Gasteiger partial charge in [-0.25, -0.2) is 9.59 Å². The summed E-state index contributed by atoms with van der Waals surface area (Å²) in [6, 6.07) is 0. The van der Waals surface area contributed by atoms with Gasteiger partial charge >= 0.3 is 11.7 Å². The molecule has 0 bridgehead atoms. The molecule has 0 spiro atoms. The molecule has 2 rings (SSSR count). The van der Waals surface area contributed by atoms with Crippen LogP contribution in [0.4, 0.5) is 0 Å². The van der Waals surface area contributed by atoms with Gasteiger partial charge in [0, 0.05) is 18.2 Å². The number of hydrogen-bond acceptors (Lipinski definition) is 5. The minimum Gasteiger partial charge on any atom is -0.479 e. The predicted octanol–water partition coefficient (Wildman–Crippen LogP) is 1.61. The highest BCUT2D eigenvalue weighted by atomic mass is 28.4. The van der Waals surface area contributed by atoms with Crippen molar-refractivity contribution in [1.29, 1.82) is 0 Å². The second-order valence-corrected chi connectivity index (χ2v) is 12.7. The minimum atomic E-state index is -2.21. The highest BCUT2D eigenvalue weighted by Crippen LogP contribution is 2.40.